The summed E-state index contributed by atoms with van der Waals surface area (Å²) in [4.78, 5) is 14.7. The fourth-order valence-corrected chi connectivity index (χ4v) is 3.63. The van der Waals surface area contributed by atoms with E-state index >= 15 is 0 Å². The largest absolute Gasteiger partial charge is 0.360 e. The Balaban J connectivity index is 1.78. The number of nitrogens with two attached hydrogens (primary N) is 1. The third-order valence-corrected chi connectivity index (χ3v) is 5.60. The Morgan fingerprint density at radius 1 is 1.21 bits per heavy atom. The Morgan fingerprint density at radius 2 is 1.86 bits per heavy atom. The van der Waals surface area contributed by atoms with Crippen molar-refractivity contribution in [2.75, 3.05) is 5.32 Å². The minimum atomic E-state index is -3.77. The normalized spacial score (nSPS) is 11.7. The summed E-state index contributed by atoms with van der Waals surface area (Å²) in [6, 6.07) is 13.8. The van der Waals surface area contributed by atoms with Crippen molar-refractivity contribution in [3.05, 3.63) is 75.2 Å². The zero-order valence-corrected chi connectivity index (χ0v) is 16.3. The number of sulfonamides is 1. The van der Waals surface area contributed by atoms with Gasteiger partial charge in [-0.2, -0.15) is 5.26 Å². The van der Waals surface area contributed by atoms with E-state index in [1.54, 1.807) is 17.5 Å². The van der Waals surface area contributed by atoms with Crippen LogP contribution < -0.4 is 10.5 Å². The van der Waals surface area contributed by atoms with Gasteiger partial charge in [-0.3, -0.25) is 10.1 Å². The molecule has 0 saturated heterocycles. The number of benzene rings is 2. The SMILES string of the molecule is N#C/C(=C\Nc1ccc(S(N)(=O)=O)cc1)c1nc(-c2ccc([N+](=O)[O-])cc2)cs1. The number of thiazole rings is 1. The molecule has 0 aliphatic carbocycles. The Morgan fingerprint density at radius 3 is 2.41 bits per heavy atom. The highest BCUT2D eigenvalue weighted by molar-refractivity contribution is 7.89. The quantitative estimate of drug-likeness (QED) is 0.347. The number of nitro groups is 1. The molecular formula is C18H13N5O4S2. The highest BCUT2D eigenvalue weighted by Crippen LogP contribution is 2.27. The molecule has 0 aliphatic heterocycles. The highest BCUT2D eigenvalue weighted by atomic mass is 32.2. The van der Waals surface area contributed by atoms with E-state index in [2.05, 4.69) is 16.4 Å². The number of nitrogens with zero attached hydrogens (tertiary/aromatic N) is 3. The molecule has 0 aliphatic rings. The molecule has 3 rings (SSSR count). The maximum atomic E-state index is 11.3. The highest BCUT2D eigenvalue weighted by Gasteiger charge is 2.11. The van der Waals surface area contributed by atoms with Crippen molar-refractivity contribution < 1.29 is 13.3 Å². The average Bonchev–Trinajstić information content (AvgIpc) is 3.18. The molecule has 3 N–H and O–H groups in total. The molecule has 1 aromatic heterocycles. The number of nitro benzene ring substituents is 1. The molecule has 146 valence electrons. The minimum absolute atomic E-state index is 0.0137. The van der Waals surface area contributed by atoms with Gasteiger partial charge in [-0.05, 0) is 36.4 Å². The average molecular weight is 427 g/mol. The lowest BCUT2D eigenvalue weighted by atomic mass is 10.1. The van der Waals surface area contributed by atoms with E-state index in [-0.39, 0.29) is 16.2 Å². The van der Waals surface area contributed by atoms with Gasteiger partial charge in [-0.1, -0.05) is 0 Å². The fourth-order valence-electron chi connectivity index (χ4n) is 2.32. The van der Waals surface area contributed by atoms with E-state index in [0.717, 1.165) is 0 Å². The summed E-state index contributed by atoms with van der Waals surface area (Å²) in [5.74, 6) is 0. The van der Waals surface area contributed by atoms with Gasteiger partial charge >= 0.3 is 0 Å². The third-order valence-electron chi connectivity index (χ3n) is 3.79. The molecule has 9 nitrogen and oxygen atoms in total. The lowest BCUT2D eigenvalue weighted by Gasteiger charge is -2.03. The van der Waals surface area contributed by atoms with Gasteiger partial charge in [0.25, 0.3) is 5.69 Å². The van der Waals surface area contributed by atoms with E-state index in [0.29, 0.717) is 22.0 Å². The number of aromatic nitrogens is 1. The number of hydrogen-bond donors (Lipinski definition) is 2. The van der Waals surface area contributed by atoms with Gasteiger partial charge in [-0.15, -0.1) is 11.3 Å². The van der Waals surface area contributed by atoms with Crippen LogP contribution in [0, 0.1) is 21.4 Å². The molecule has 11 heteroatoms. The predicted molar refractivity (Wildman–Crippen MR) is 109 cm³/mol. The molecule has 0 unspecified atom stereocenters. The summed E-state index contributed by atoms with van der Waals surface area (Å²) in [5.41, 5.74) is 2.12. The first-order chi connectivity index (χ1) is 13.8. The zero-order valence-electron chi connectivity index (χ0n) is 14.6. The molecule has 0 spiro atoms. The summed E-state index contributed by atoms with van der Waals surface area (Å²) >= 11 is 1.26. The number of non-ortho nitro benzene ring substituents is 1. The number of nitrogens with one attached hydrogen (secondary N) is 1. The van der Waals surface area contributed by atoms with Crippen molar-refractivity contribution in [2.24, 2.45) is 5.14 Å². The van der Waals surface area contributed by atoms with Gasteiger partial charge in [0.2, 0.25) is 10.0 Å². The molecule has 0 atom stereocenters. The van der Waals surface area contributed by atoms with Crippen LogP contribution in [0.5, 0.6) is 0 Å². The Kier molecular flexibility index (Phi) is 5.69. The van der Waals surface area contributed by atoms with Crippen LogP contribution >= 0.6 is 11.3 Å². The number of anilines is 1. The van der Waals surface area contributed by atoms with Crippen LogP contribution in [0.1, 0.15) is 5.01 Å². The Labute approximate surface area is 170 Å². The molecule has 0 fully saturated rings. The molecule has 0 bridgehead atoms. The Hall–Kier alpha value is -3.59. The van der Waals surface area contributed by atoms with E-state index in [1.807, 2.05) is 0 Å². The molecular weight excluding hydrogens is 414 g/mol. The van der Waals surface area contributed by atoms with E-state index in [9.17, 15) is 23.8 Å². The number of nitriles is 1. The number of primary sulfonamides is 1. The molecule has 29 heavy (non-hydrogen) atoms. The second-order valence-corrected chi connectivity index (χ2v) is 8.14. The predicted octanol–water partition coefficient (Wildman–Crippen LogP) is 3.34. The smallest absolute Gasteiger partial charge is 0.269 e. The van der Waals surface area contributed by atoms with Crippen LogP contribution in [0.15, 0.2) is 65.0 Å². The van der Waals surface area contributed by atoms with E-state index in [4.69, 9.17) is 5.14 Å². The standard InChI is InChI=1S/C18H13N5O4S2/c19-9-13(10-21-14-3-7-16(8-4-14)29(20,26)27)18-22-17(11-28-18)12-1-5-15(6-2-12)23(24)25/h1-8,10-11,21H,(H2,20,26,27)/b13-10+. The fraction of sp³-hybridized carbons (Fsp3) is 0. The van der Waals surface area contributed by atoms with Gasteiger partial charge < -0.3 is 5.32 Å². The number of allylic oxidation sites excluding steroid dienone is 1. The van der Waals surface area contributed by atoms with E-state index < -0.39 is 14.9 Å². The maximum Gasteiger partial charge on any atom is 0.269 e. The third kappa shape index (κ3) is 4.82. The maximum absolute atomic E-state index is 11.3. The van der Waals surface area contributed by atoms with Crippen molar-refractivity contribution in [2.45, 2.75) is 4.90 Å². The molecule has 0 amide bonds. The van der Waals surface area contributed by atoms with Crippen molar-refractivity contribution in [3.63, 3.8) is 0 Å². The lowest BCUT2D eigenvalue weighted by molar-refractivity contribution is -0.384. The molecule has 1 heterocycles. The summed E-state index contributed by atoms with van der Waals surface area (Å²) in [6.07, 6.45) is 1.46. The summed E-state index contributed by atoms with van der Waals surface area (Å²) in [5, 5.41) is 30.4. The van der Waals surface area contributed by atoms with Crippen molar-refractivity contribution in [1.82, 2.24) is 4.98 Å². The summed E-state index contributed by atoms with van der Waals surface area (Å²) in [6.45, 7) is 0. The van der Waals surface area contributed by atoms with Crippen LogP contribution in [0.3, 0.4) is 0 Å². The molecule has 0 saturated carbocycles. The first kappa shape index (κ1) is 20.2. The zero-order chi connectivity index (χ0) is 21.0. The Bertz CT molecular complexity index is 1220. The van der Waals surface area contributed by atoms with Crippen LogP contribution in [0.25, 0.3) is 16.8 Å². The van der Waals surface area contributed by atoms with Crippen LogP contribution in [0.4, 0.5) is 11.4 Å². The lowest BCUT2D eigenvalue weighted by Crippen LogP contribution is -2.11. The first-order valence-electron chi connectivity index (χ1n) is 7.98. The molecule has 2 aromatic carbocycles. The topological polar surface area (TPSA) is 152 Å². The second-order valence-electron chi connectivity index (χ2n) is 5.73. The minimum Gasteiger partial charge on any atom is -0.360 e. The van der Waals surface area contributed by atoms with E-state index in [1.165, 1.54) is 53.9 Å². The summed E-state index contributed by atoms with van der Waals surface area (Å²) < 4.78 is 22.5. The number of rotatable bonds is 6. The molecule has 0 radical (unpaired) electrons. The van der Waals surface area contributed by atoms with Crippen LogP contribution in [0.2, 0.25) is 0 Å². The monoisotopic (exact) mass is 427 g/mol. The van der Waals surface area contributed by atoms with Crippen molar-refractivity contribution >= 4 is 38.3 Å². The number of hydrogen-bond acceptors (Lipinski definition) is 8. The first-order valence-corrected chi connectivity index (χ1v) is 10.4. The van der Waals surface area contributed by atoms with Crippen molar-refractivity contribution in [3.8, 4) is 17.3 Å². The van der Waals surface area contributed by atoms with Crippen LogP contribution in [-0.2, 0) is 10.0 Å². The van der Waals surface area contributed by atoms with Gasteiger partial charge in [0.05, 0.1) is 15.5 Å². The van der Waals surface area contributed by atoms with Crippen molar-refractivity contribution in [1.29, 1.82) is 5.26 Å². The molecule has 3 aromatic rings. The van der Waals surface area contributed by atoms with Crippen LogP contribution in [-0.4, -0.2) is 18.3 Å². The van der Waals surface area contributed by atoms with Gasteiger partial charge in [-0.25, -0.2) is 18.5 Å². The van der Waals surface area contributed by atoms with Gasteiger partial charge in [0, 0.05) is 35.0 Å². The van der Waals surface area contributed by atoms with Gasteiger partial charge in [0.1, 0.15) is 16.6 Å². The van der Waals surface area contributed by atoms with Gasteiger partial charge in [0.15, 0.2) is 0 Å². The second kappa shape index (κ2) is 8.19. The summed E-state index contributed by atoms with van der Waals surface area (Å²) in [7, 11) is -3.77.